The molecule has 3 heteroatoms. The third kappa shape index (κ3) is 2.12. The number of nitrogens with two attached hydrogens (primary N) is 1. The average molecular weight is 213 g/mol. The largest absolute Gasteiger partial charge is 0.369 e. The van der Waals surface area contributed by atoms with E-state index in [2.05, 4.69) is 11.8 Å². The molecule has 1 aliphatic carbocycles. The van der Waals surface area contributed by atoms with Crippen molar-refractivity contribution in [3.05, 3.63) is 34.9 Å². The van der Waals surface area contributed by atoms with E-state index >= 15 is 0 Å². The van der Waals surface area contributed by atoms with Crippen LogP contribution in [0.3, 0.4) is 0 Å². The summed E-state index contributed by atoms with van der Waals surface area (Å²) in [5.41, 5.74) is 7.67. The molecule has 1 aliphatic rings. The van der Waals surface area contributed by atoms with E-state index in [0.717, 1.165) is 23.1 Å². The predicted octanol–water partition coefficient (Wildman–Crippen LogP) is 1.04. The van der Waals surface area contributed by atoms with Crippen LogP contribution in [0.25, 0.3) is 0 Å². The molecule has 0 aromatic heterocycles. The van der Waals surface area contributed by atoms with Crippen molar-refractivity contribution in [3.8, 4) is 11.8 Å². The summed E-state index contributed by atoms with van der Waals surface area (Å²) in [5.74, 6) is 5.33. The van der Waals surface area contributed by atoms with Crippen LogP contribution in [0.2, 0.25) is 0 Å². The molecule has 0 fully saturated rings. The Morgan fingerprint density at radius 2 is 2.19 bits per heavy atom. The molecule has 1 aromatic rings. The van der Waals surface area contributed by atoms with Crippen LogP contribution in [-0.4, -0.2) is 11.7 Å². The van der Waals surface area contributed by atoms with Crippen LogP contribution in [0.15, 0.2) is 18.2 Å². The van der Waals surface area contributed by atoms with Gasteiger partial charge in [-0.3, -0.25) is 9.59 Å². The Morgan fingerprint density at radius 1 is 1.38 bits per heavy atom. The van der Waals surface area contributed by atoms with Gasteiger partial charge < -0.3 is 5.73 Å². The van der Waals surface area contributed by atoms with E-state index in [-0.39, 0.29) is 12.2 Å². The Kier molecular flexibility index (Phi) is 2.74. The molecule has 80 valence electrons. The fourth-order valence-electron chi connectivity index (χ4n) is 1.77. The first-order chi connectivity index (χ1) is 7.66. The van der Waals surface area contributed by atoms with Gasteiger partial charge in [0.15, 0.2) is 5.78 Å². The Bertz CT molecular complexity index is 520. The molecular formula is C13H11NO2. The maximum absolute atomic E-state index is 11.4. The van der Waals surface area contributed by atoms with Crippen LogP contribution >= 0.6 is 0 Å². The van der Waals surface area contributed by atoms with Gasteiger partial charge >= 0.3 is 0 Å². The molecule has 1 amide bonds. The van der Waals surface area contributed by atoms with Crippen molar-refractivity contribution in [3.63, 3.8) is 0 Å². The smallest absolute Gasteiger partial charge is 0.229 e. The van der Waals surface area contributed by atoms with Crippen LogP contribution in [0, 0.1) is 11.8 Å². The summed E-state index contributed by atoms with van der Waals surface area (Å²) in [4.78, 5) is 21.9. The summed E-state index contributed by atoms with van der Waals surface area (Å²) in [6, 6.07) is 5.52. The molecule has 0 saturated heterocycles. The molecule has 2 N–H and O–H groups in total. The Balaban J connectivity index is 2.21. The topological polar surface area (TPSA) is 60.2 Å². The zero-order valence-corrected chi connectivity index (χ0v) is 8.75. The molecule has 1 aromatic carbocycles. The first kappa shape index (κ1) is 10.4. The lowest BCUT2D eigenvalue weighted by molar-refractivity contribution is -0.117. The fourth-order valence-corrected chi connectivity index (χ4v) is 1.77. The van der Waals surface area contributed by atoms with Crippen molar-refractivity contribution in [1.29, 1.82) is 0 Å². The normalized spacial score (nSPS) is 12.9. The molecule has 0 atom stereocenters. The summed E-state index contributed by atoms with van der Waals surface area (Å²) < 4.78 is 0. The molecule has 0 saturated carbocycles. The van der Waals surface area contributed by atoms with Gasteiger partial charge in [-0.2, -0.15) is 0 Å². The Morgan fingerprint density at radius 3 is 2.94 bits per heavy atom. The highest BCUT2D eigenvalue weighted by molar-refractivity contribution is 6.00. The number of carbonyl (C=O) groups excluding carboxylic acids is 2. The number of ketones is 1. The van der Waals surface area contributed by atoms with E-state index in [1.54, 1.807) is 12.1 Å². The first-order valence-electron chi connectivity index (χ1n) is 5.10. The lowest BCUT2D eigenvalue weighted by Gasteiger charge is -1.97. The van der Waals surface area contributed by atoms with E-state index in [0.29, 0.717) is 6.42 Å². The standard InChI is InChI=1S/C13H11NO2/c14-13(16)3-1-2-9-4-6-11-10(8-9)5-7-12(11)15/h4,6,8H,3,5,7H2,(H2,14,16). The number of carbonyl (C=O) groups is 2. The lowest BCUT2D eigenvalue weighted by atomic mass is 10.1. The predicted molar refractivity (Wildman–Crippen MR) is 59.8 cm³/mol. The van der Waals surface area contributed by atoms with Crippen molar-refractivity contribution in [2.75, 3.05) is 0 Å². The molecule has 2 rings (SSSR count). The number of primary amides is 1. The van der Waals surface area contributed by atoms with Crippen LogP contribution in [0.4, 0.5) is 0 Å². The summed E-state index contributed by atoms with van der Waals surface area (Å²) in [6.45, 7) is 0. The van der Waals surface area contributed by atoms with Crippen molar-refractivity contribution >= 4 is 11.7 Å². The zero-order valence-electron chi connectivity index (χ0n) is 8.75. The number of aryl methyl sites for hydroxylation is 1. The van der Waals surface area contributed by atoms with E-state index < -0.39 is 5.91 Å². The Hall–Kier alpha value is -2.08. The third-order valence-electron chi connectivity index (χ3n) is 2.52. The second kappa shape index (κ2) is 4.19. The molecule has 3 nitrogen and oxygen atoms in total. The fraction of sp³-hybridized carbons (Fsp3) is 0.231. The monoisotopic (exact) mass is 213 g/mol. The lowest BCUT2D eigenvalue weighted by Crippen LogP contribution is -2.08. The van der Waals surface area contributed by atoms with E-state index in [4.69, 9.17) is 5.73 Å². The number of Topliss-reactive ketones (excluding diaryl/α,β-unsaturated/α-hetero) is 1. The maximum Gasteiger partial charge on any atom is 0.229 e. The van der Waals surface area contributed by atoms with Crippen LogP contribution in [0.1, 0.15) is 34.3 Å². The summed E-state index contributed by atoms with van der Waals surface area (Å²) in [6.07, 6.45) is 1.45. The van der Waals surface area contributed by atoms with E-state index in [1.165, 1.54) is 0 Å². The van der Waals surface area contributed by atoms with Gasteiger partial charge in [0, 0.05) is 17.5 Å². The highest BCUT2D eigenvalue weighted by Gasteiger charge is 2.18. The summed E-state index contributed by atoms with van der Waals surface area (Å²) >= 11 is 0. The van der Waals surface area contributed by atoms with Crippen molar-refractivity contribution in [2.24, 2.45) is 5.73 Å². The van der Waals surface area contributed by atoms with Gasteiger partial charge in [0.25, 0.3) is 0 Å². The molecule has 16 heavy (non-hydrogen) atoms. The number of hydrogen-bond acceptors (Lipinski definition) is 2. The highest BCUT2D eigenvalue weighted by Crippen LogP contribution is 2.22. The minimum absolute atomic E-state index is 0.0655. The van der Waals surface area contributed by atoms with Gasteiger partial charge in [-0.15, -0.1) is 0 Å². The molecular weight excluding hydrogens is 202 g/mol. The zero-order chi connectivity index (χ0) is 11.5. The number of amides is 1. The first-order valence-corrected chi connectivity index (χ1v) is 5.10. The maximum atomic E-state index is 11.4. The van der Waals surface area contributed by atoms with Crippen molar-refractivity contribution in [1.82, 2.24) is 0 Å². The van der Waals surface area contributed by atoms with Crippen LogP contribution in [-0.2, 0) is 11.2 Å². The SMILES string of the molecule is NC(=O)CC#Cc1ccc2c(c1)CCC2=O. The molecule has 0 bridgehead atoms. The Labute approximate surface area is 93.6 Å². The number of benzene rings is 1. The number of fused-ring (bicyclic) bond motifs is 1. The number of rotatable bonds is 1. The van der Waals surface area contributed by atoms with E-state index in [1.807, 2.05) is 6.07 Å². The van der Waals surface area contributed by atoms with E-state index in [9.17, 15) is 9.59 Å². The van der Waals surface area contributed by atoms with Crippen LogP contribution < -0.4 is 5.73 Å². The van der Waals surface area contributed by atoms with Gasteiger partial charge in [-0.25, -0.2) is 0 Å². The number of hydrogen-bond donors (Lipinski definition) is 1. The second-order valence-electron chi connectivity index (χ2n) is 3.74. The molecule has 0 aliphatic heterocycles. The van der Waals surface area contributed by atoms with Gasteiger partial charge in [0.05, 0.1) is 6.42 Å². The molecule has 0 spiro atoms. The minimum atomic E-state index is -0.427. The minimum Gasteiger partial charge on any atom is -0.369 e. The summed E-state index contributed by atoms with van der Waals surface area (Å²) in [7, 11) is 0. The molecule has 0 heterocycles. The molecule has 0 radical (unpaired) electrons. The second-order valence-corrected chi connectivity index (χ2v) is 3.74. The average Bonchev–Trinajstić information content (AvgIpc) is 2.60. The van der Waals surface area contributed by atoms with Gasteiger partial charge in [0.2, 0.25) is 5.91 Å². The van der Waals surface area contributed by atoms with Gasteiger partial charge in [-0.05, 0) is 30.2 Å². The van der Waals surface area contributed by atoms with Gasteiger partial charge in [-0.1, -0.05) is 11.8 Å². The highest BCUT2D eigenvalue weighted by atomic mass is 16.1. The van der Waals surface area contributed by atoms with Gasteiger partial charge in [0.1, 0.15) is 0 Å². The third-order valence-corrected chi connectivity index (χ3v) is 2.52. The van der Waals surface area contributed by atoms with Crippen molar-refractivity contribution in [2.45, 2.75) is 19.3 Å². The summed E-state index contributed by atoms with van der Waals surface area (Å²) in [5, 5.41) is 0. The van der Waals surface area contributed by atoms with Crippen LogP contribution in [0.5, 0.6) is 0 Å². The molecule has 0 unspecified atom stereocenters. The quantitative estimate of drug-likeness (QED) is 0.708. The van der Waals surface area contributed by atoms with Crippen molar-refractivity contribution < 1.29 is 9.59 Å².